The minimum absolute atomic E-state index is 0.514. The number of fused-ring (bicyclic) bond motifs is 1. The SMILES string of the molecule is N#Cc1cnc2cc(-c3cccc(CN4CCOCC4)c3)ccc2c1Nc1ccc(Cc2ccoc2)cc1. The lowest BCUT2D eigenvalue weighted by Gasteiger charge is -2.26. The summed E-state index contributed by atoms with van der Waals surface area (Å²) in [6, 6.07) is 27.5. The van der Waals surface area contributed by atoms with E-state index in [1.54, 1.807) is 18.7 Å². The second-order valence-electron chi connectivity index (χ2n) is 9.61. The molecule has 38 heavy (non-hydrogen) atoms. The molecule has 5 aromatic rings. The molecule has 0 unspecified atom stereocenters. The largest absolute Gasteiger partial charge is 0.472 e. The number of hydrogen-bond acceptors (Lipinski definition) is 6. The Morgan fingerprint density at radius 3 is 2.53 bits per heavy atom. The van der Waals surface area contributed by atoms with Gasteiger partial charge in [-0.1, -0.05) is 42.5 Å². The molecule has 2 aromatic heterocycles. The first-order chi connectivity index (χ1) is 18.7. The summed E-state index contributed by atoms with van der Waals surface area (Å²) in [4.78, 5) is 7.05. The summed E-state index contributed by atoms with van der Waals surface area (Å²) in [6.07, 6.45) is 5.92. The Morgan fingerprint density at radius 2 is 1.74 bits per heavy atom. The van der Waals surface area contributed by atoms with Crippen molar-refractivity contribution in [3.63, 3.8) is 0 Å². The number of nitrogens with one attached hydrogen (secondary N) is 1. The Hall–Kier alpha value is -4.44. The molecule has 0 atom stereocenters. The van der Waals surface area contributed by atoms with Crippen LogP contribution in [0.1, 0.15) is 22.3 Å². The molecule has 0 amide bonds. The van der Waals surface area contributed by atoms with E-state index >= 15 is 0 Å². The van der Waals surface area contributed by atoms with Crippen molar-refractivity contribution in [3.05, 3.63) is 114 Å². The van der Waals surface area contributed by atoms with E-state index in [2.05, 4.69) is 75.9 Å². The molecule has 0 spiro atoms. The van der Waals surface area contributed by atoms with Gasteiger partial charge in [0, 0.05) is 43.3 Å². The Kier molecular flexibility index (Phi) is 6.86. The van der Waals surface area contributed by atoms with E-state index in [-0.39, 0.29) is 0 Å². The van der Waals surface area contributed by atoms with Crippen molar-refractivity contribution in [2.75, 3.05) is 31.6 Å². The molecule has 1 N–H and O–H groups in total. The van der Waals surface area contributed by atoms with Crippen LogP contribution in [0.15, 0.2) is 95.9 Å². The highest BCUT2D eigenvalue weighted by molar-refractivity contribution is 5.97. The fourth-order valence-corrected chi connectivity index (χ4v) is 4.94. The Labute approximate surface area is 222 Å². The molecule has 1 aliphatic heterocycles. The molecule has 0 radical (unpaired) electrons. The van der Waals surface area contributed by atoms with Crippen molar-refractivity contribution in [3.8, 4) is 17.2 Å². The molecule has 6 rings (SSSR count). The van der Waals surface area contributed by atoms with Crippen LogP contribution in [0.25, 0.3) is 22.0 Å². The lowest BCUT2D eigenvalue weighted by Crippen LogP contribution is -2.35. The van der Waals surface area contributed by atoms with Gasteiger partial charge in [0.2, 0.25) is 0 Å². The molecule has 1 saturated heterocycles. The summed E-state index contributed by atoms with van der Waals surface area (Å²) in [6.45, 7) is 4.45. The molecule has 6 nitrogen and oxygen atoms in total. The van der Waals surface area contributed by atoms with Crippen LogP contribution in [-0.4, -0.2) is 36.2 Å². The van der Waals surface area contributed by atoms with Gasteiger partial charge in [-0.3, -0.25) is 9.88 Å². The van der Waals surface area contributed by atoms with Gasteiger partial charge in [-0.2, -0.15) is 5.26 Å². The molecule has 6 heteroatoms. The zero-order chi connectivity index (χ0) is 25.7. The van der Waals surface area contributed by atoms with Crippen molar-refractivity contribution in [1.29, 1.82) is 5.26 Å². The van der Waals surface area contributed by atoms with Gasteiger partial charge >= 0.3 is 0 Å². The van der Waals surface area contributed by atoms with Gasteiger partial charge in [0.15, 0.2) is 0 Å². The van der Waals surface area contributed by atoms with E-state index in [1.807, 2.05) is 18.2 Å². The molecule has 0 saturated carbocycles. The summed E-state index contributed by atoms with van der Waals surface area (Å²) in [5.74, 6) is 0. The number of pyridine rings is 1. The highest BCUT2D eigenvalue weighted by Crippen LogP contribution is 2.32. The number of morpholine rings is 1. The lowest BCUT2D eigenvalue weighted by atomic mass is 10.00. The fraction of sp³-hybridized carbons (Fsp3) is 0.188. The minimum Gasteiger partial charge on any atom is -0.472 e. The van der Waals surface area contributed by atoms with Crippen molar-refractivity contribution in [2.24, 2.45) is 0 Å². The minimum atomic E-state index is 0.514. The molecular weight excluding hydrogens is 472 g/mol. The number of benzene rings is 3. The van der Waals surface area contributed by atoms with E-state index in [0.717, 1.165) is 78.2 Å². The monoisotopic (exact) mass is 500 g/mol. The van der Waals surface area contributed by atoms with Crippen molar-refractivity contribution < 1.29 is 9.15 Å². The van der Waals surface area contributed by atoms with Gasteiger partial charge in [0.05, 0.1) is 42.5 Å². The van der Waals surface area contributed by atoms with Gasteiger partial charge in [0.25, 0.3) is 0 Å². The molecule has 0 bridgehead atoms. The maximum atomic E-state index is 9.79. The summed E-state index contributed by atoms with van der Waals surface area (Å²) in [7, 11) is 0. The number of anilines is 2. The summed E-state index contributed by atoms with van der Waals surface area (Å²) in [5, 5.41) is 14.2. The van der Waals surface area contributed by atoms with Gasteiger partial charge < -0.3 is 14.5 Å². The average molecular weight is 501 g/mol. The smallest absolute Gasteiger partial charge is 0.103 e. The third-order valence-corrected chi connectivity index (χ3v) is 6.97. The second kappa shape index (κ2) is 10.9. The van der Waals surface area contributed by atoms with Crippen molar-refractivity contribution in [2.45, 2.75) is 13.0 Å². The summed E-state index contributed by atoms with van der Waals surface area (Å²) >= 11 is 0. The summed E-state index contributed by atoms with van der Waals surface area (Å²) < 4.78 is 10.7. The van der Waals surface area contributed by atoms with Crippen molar-refractivity contribution in [1.82, 2.24) is 9.88 Å². The Balaban J connectivity index is 1.26. The molecule has 3 heterocycles. The van der Waals surface area contributed by atoms with Crippen LogP contribution in [0.2, 0.25) is 0 Å². The Morgan fingerprint density at radius 1 is 0.895 bits per heavy atom. The maximum absolute atomic E-state index is 9.79. The van der Waals surface area contributed by atoms with E-state index < -0.39 is 0 Å². The predicted molar refractivity (Wildman–Crippen MR) is 149 cm³/mol. The third-order valence-electron chi connectivity index (χ3n) is 6.97. The highest BCUT2D eigenvalue weighted by atomic mass is 16.5. The summed E-state index contributed by atoms with van der Waals surface area (Å²) in [5.41, 5.74) is 8.94. The van der Waals surface area contributed by atoms with Crippen molar-refractivity contribution >= 4 is 22.3 Å². The van der Waals surface area contributed by atoms with Crippen LogP contribution < -0.4 is 5.32 Å². The first-order valence-corrected chi connectivity index (χ1v) is 12.8. The van der Waals surface area contributed by atoms with Crippen LogP contribution in [0, 0.1) is 11.3 Å². The topological polar surface area (TPSA) is 74.3 Å². The number of aromatic nitrogens is 1. The van der Waals surface area contributed by atoms with E-state index in [0.29, 0.717) is 5.56 Å². The Bertz CT molecular complexity index is 1580. The van der Waals surface area contributed by atoms with E-state index in [4.69, 9.17) is 9.15 Å². The zero-order valence-corrected chi connectivity index (χ0v) is 21.1. The van der Waals surface area contributed by atoms with Crippen LogP contribution in [0.3, 0.4) is 0 Å². The fourth-order valence-electron chi connectivity index (χ4n) is 4.94. The number of rotatable bonds is 7. The van der Waals surface area contributed by atoms with E-state index in [1.165, 1.54) is 11.1 Å². The van der Waals surface area contributed by atoms with Gasteiger partial charge in [-0.05, 0) is 58.1 Å². The zero-order valence-electron chi connectivity index (χ0n) is 21.1. The number of ether oxygens (including phenoxy) is 1. The maximum Gasteiger partial charge on any atom is 0.103 e. The molecular formula is C32H28N4O2. The van der Waals surface area contributed by atoms with Gasteiger partial charge in [-0.15, -0.1) is 0 Å². The quantitative estimate of drug-likeness (QED) is 0.274. The van der Waals surface area contributed by atoms with Crippen LogP contribution in [0.4, 0.5) is 11.4 Å². The number of hydrogen-bond donors (Lipinski definition) is 1. The van der Waals surface area contributed by atoms with E-state index in [9.17, 15) is 5.26 Å². The van der Waals surface area contributed by atoms with Gasteiger partial charge in [-0.25, -0.2) is 0 Å². The number of nitrogens with zero attached hydrogens (tertiary/aromatic N) is 3. The molecule has 1 fully saturated rings. The number of nitriles is 1. The first kappa shape index (κ1) is 23.9. The average Bonchev–Trinajstić information content (AvgIpc) is 3.48. The van der Waals surface area contributed by atoms with Crippen LogP contribution >= 0.6 is 0 Å². The standard InChI is InChI=1S/C32H28N4O2/c33-19-28-20-34-31-18-27(26-3-1-2-24(17-26)21-36-11-14-37-15-12-36)6-9-30(31)32(28)35-29-7-4-23(5-8-29)16-25-10-13-38-22-25/h1-10,13,17-18,20,22H,11-12,14-16,21H2,(H,34,35). The highest BCUT2D eigenvalue weighted by Gasteiger charge is 2.13. The van der Waals surface area contributed by atoms with Crippen LogP contribution in [-0.2, 0) is 17.7 Å². The molecule has 1 aliphatic rings. The molecule has 0 aliphatic carbocycles. The number of furan rings is 1. The first-order valence-electron chi connectivity index (χ1n) is 12.8. The second-order valence-corrected chi connectivity index (χ2v) is 9.61. The predicted octanol–water partition coefficient (Wildman–Crippen LogP) is 6.53. The normalized spacial score (nSPS) is 13.9. The third kappa shape index (κ3) is 5.30. The molecule has 188 valence electrons. The molecule has 3 aromatic carbocycles. The lowest BCUT2D eigenvalue weighted by molar-refractivity contribution is 0.0342. The van der Waals surface area contributed by atoms with Crippen LogP contribution in [0.5, 0.6) is 0 Å². The van der Waals surface area contributed by atoms with Gasteiger partial charge in [0.1, 0.15) is 6.07 Å².